The molecule has 0 spiro atoms. The van der Waals surface area contributed by atoms with Gasteiger partial charge in [-0.2, -0.15) is 0 Å². The van der Waals surface area contributed by atoms with Crippen molar-refractivity contribution in [1.29, 1.82) is 0 Å². The van der Waals surface area contributed by atoms with Gasteiger partial charge in [0.1, 0.15) is 0 Å². The highest BCUT2D eigenvalue weighted by molar-refractivity contribution is 5.97. The van der Waals surface area contributed by atoms with Crippen molar-refractivity contribution >= 4 is 16.9 Å². The van der Waals surface area contributed by atoms with E-state index in [1.807, 2.05) is 65.8 Å². The molecule has 134 valence electrons. The van der Waals surface area contributed by atoms with Crippen molar-refractivity contribution in [2.24, 2.45) is 0 Å². The van der Waals surface area contributed by atoms with Crippen LogP contribution in [0.2, 0.25) is 0 Å². The Labute approximate surface area is 152 Å². The number of piperidine rings is 1. The fraction of sp³-hybridized carbons (Fsp3) is 0.333. The number of fused-ring (bicyclic) bond motifs is 1. The summed E-state index contributed by atoms with van der Waals surface area (Å²) < 4.78 is 1.86. The zero-order valence-corrected chi connectivity index (χ0v) is 15.2. The molecule has 26 heavy (non-hydrogen) atoms. The fourth-order valence-corrected chi connectivity index (χ4v) is 4.07. The van der Waals surface area contributed by atoms with Crippen molar-refractivity contribution in [3.8, 4) is 0 Å². The number of likely N-dealkylation sites (tertiary alicyclic amines) is 1. The van der Waals surface area contributed by atoms with Crippen LogP contribution in [0.3, 0.4) is 0 Å². The molecule has 2 aromatic carbocycles. The first-order chi connectivity index (χ1) is 12.6. The minimum atomic E-state index is -0.0641. The summed E-state index contributed by atoms with van der Waals surface area (Å²) in [5.74, 6) is 0.102. The minimum Gasteiger partial charge on any atom is -0.338 e. The average Bonchev–Trinajstić information content (AvgIpc) is 2.97. The van der Waals surface area contributed by atoms with Crippen LogP contribution in [0, 0.1) is 13.8 Å². The largest absolute Gasteiger partial charge is 0.338 e. The molecular weight excluding hydrogens is 326 g/mol. The molecule has 0 aliphatic carbocycles. The number of hydrogen-bond donors (Lipinski definition) is 1. The molecule has 5 heteroatoms. The highest BCUT2D eigenvalue weighted by Gasteiger charge is 2.27. The lowest BCUT2D eigenvalue weighted by Crippen LogP contribution is -2.41. The third-order valence-corrected chi connectivity index (χ3v) is 5.44. The Hall–Kier alpha value is -2.82. The van der Waals surface area contributed by atoms with Crippen molar-refractivity contribution in [3.05, 3.63) is 69.6 Å². The van der Waals surface area contributed by atoms with Crippen molar-refractivity contribution in [1.82, 2.24) is 14.5 Å². The maximum atomic E-state index is 13.0. The normalized spacial score (nSPS) is 15.5. The van der Waals surface area contributed by atoms with Crippen LogP contribution >= 0.6 is 0 Å². The summed E-state index contributed by atoms with van der Waals surface area (Å²) in [6.45, 7) is 5.31. The van der Waals surface area contributed by atoms with Crippen LogP contribution < -0.4 is 5.69 Å². The molecule has 1 N–H and O–H groups in total. The summed E-state index contributed by atoms with van der Waals surface area (Å²) in [7, 11) is 0. The van der Waals surface area contributed by atoms with Crippen molar-refractivity contribution in [2.45, 2.75) is 32.7 Å². The number of benzene rings is 2. The van der Waals surface area contributed by atoms with Gasteiger partial charge in [0.15, 0.2) is 0 Å². The van der Waals surface area contributed by atoms with E-state index >= 15 is 0 Å². The van der Waals surface area contributed by atoms with E-state index in [1.54, 1.807) is 0 Å². The lowest BCUT2D eigenvalue weighted by molar-refractivity contribution is 0.0693. The highest BCUT2D eigenvalue weighted by atomic mass is 16.2. The number of aromatic amines is 1. The number of aromatic nitrogens is 2. The molecule has 0 unspecified atom stereocenters. The molecule has 4 rings (SSSR count). The zero-order chi connectivity index (χ0) is 18.3. The molecule has 1 amide bonds. The predicted molar refractivity (Wildman–Crippen MR) is 103 cm³/mol. The second-order valence-corrected chi connectivity index (χ2v) is 7.11. The van der Waals surface area contributed by atoms with Gasteiger partial charge in [0.25, 0.3) is 5.91 Å². The maximum absolute atomic E-state index is 13.0. The highest BCUT2D eigenvalue weighted by Crippen LogP contribution is 2.26. The van der Waals surface area contributed by atoms with Crippen molar-refractivity contribution in [2.75, 3.05) is 13.1 Å². The molecule has 5 nitrogen and oxygen atoms in total. The van der Waals surface area contributed by atoms with Crippen LogP contribution in [0.4, 0.5) is 0 Å². The second-order valence-electron chi connectivity index (χ2n) is 7.11. The Morgan fingerprint density at radius 2 is 1.65 bits per heavy atom. The van der Waals surface area contributed by atoms with Gasteiger partial charge < -0.3 is 9.88 Å². The Balaban J connectivity index is 1.55. The van der Waals surface area contributed by atoms with Gasteiger partial charge in [-0.15, -0.1) is 0 Å². The number of hydrogen-bond acceptors (Lipinski definition) is 2. The molecule has 1 saturated heterocycles. The Morgan fingerprint density at radius 1 is 1.00 bits per heavy atom. The van der Waals surface area contributed by atoms with E-state index < -0.39 is 0 Å². The monoisotopic (exact) mass is 349 g/mol. The van der Waals surface area contributed by atoms with Gasteiger partial charge in [0.2, 0.25) is 0 Å². The van der Waals surface area contributed by atoms with Gasteiger partial charge in [-0.3, -0.25) is 9.36 Å². The lowest BCUT2D eigenvalue weighted by Gasteiger charge is -2.33. The smallest absolute Gasteiger partial charge is 0.326 e. The number of aryl methyl sites for hydroxylation is 2. The zero-order valence-electron chi connectivity index (χ0n) is 15.2. The van der Waals surface area contributed by atoms with Gasteiger partial charge >= 0.3 is 5.69 Å². The quantitative estimate of drug-likeness (QED) is 0.771. The molecular formula is C21H23N3O2. The first-order valence-electron chi connectivity index (χ1n) is 9.11. The summed E-state index contributed by atoms with van der Waals surface area (Å²) in [6.07, 6.45) is 1.58. The third-order valence-electron chi connectivity index (χ3n) is 5.44. The second kappa shape index (κ2) is 6.48. The van der Waals surface area contributed by atoms with Crippen LogP contribution in [0.1, 0.15) is 40.4 Å². The van der Waals surface area contributed by atoms with Gasteiger partial charge in [-0.1, -0.05) is 30.3 Å². The van der Waals surface area contributed by atoms with Crippen LogP contribution in [-0.2, 0) is 0 Å². The van der Waals surface area contributed by atoms with E-state index in [4.69, 9.17) is 0 Å². The standard InChI is InChI=1S/C21H23N3O2/c1-14-6-5-7-15(2)19(14)20(25)23-12-10-16(11-13-23)24-18-9-4-3-8-17(18)22-21(24)26/h3-9,16H,10-13H2,1-2H3,(H,22,26). The van der Waals surface area contributed by atoms with E-state index in [1.165, 1.54) is 0 Å². The molecule has 1 aromatic heterocycles. The van der Waals surface area contributed by atoms with Crippen LogP contribution in [0.25, 0.3) is 11.0 Å². The first kappa shape index (κ1) is 16.6. The van der Waals surface area contributed by atoms with Crippen LogP contribution in [0.15, 0.2) is 47.3 Å². The number of carbonyl (C=O) groups is 1. The summed E-state index contributed by atoms with van der Waals surface area (Å²) in [5.41, 5.74) is 4.60. The summed E-state index contributed by atoms with van der Waals surface area (Å²) in [5, 5.41) is 0. The number of imidazole rings is 1. The average molecular weight is 349 g/mol. The van der Waals surface area contributed by atoms with Gasteiger partial charge in [0, 0.05) is 24.7 Å². The number of nitrogens with zero attached hydrogens (tertiary/aromatic N) is 2. The van der Waals surface area contributed by atoms with Crippen LogP contribution in [-0.4, -0.2) is 33.4 Å². The number of amides is 1. The summed E-state index contributed by atoms with van der Waals surface area (Å²) >= 11 is 0. The van der Waals surface area contributed by atoms with Crippen molar-refractivity contribution in [3.63, 3.8) is 0 Å². The number of rotatable bonds is 2. The van der Waals surface area contributed by atoms with Gasteiger partial charge in [-0.05, 0) is 49.9 Å². The van der Waals surface area contributed by atoms with Crippen LogP contribution in [0.5, 0.6) is 0 Å². The number of carbonyl (C=O) groups excluding carboxylic acids is 1. The molecule has 0 atom stereocenters. The van der Waals surface area contributed by atoms with E-state index in [-0.39, 0.29) is 17.6 Å². The van der Waals surface area contributed by atoms with Crippen molar-refractivity contribution < 1.29 is 4.79 Å². The lowest BCUT2D eigenvalue weighted by atomic mass is 9.99. The Morgan fingerprint density at radius 3 is 2.35 bits per heavy atom. The van der Waals surface area contributed by atoms with E-state index in [0.29, 0.717) is 13.1 Å². The number of para-hydroxylation sites is 2. The number of H-pyrrole nitrogens is 1. The molecule has 0 bridgehead atoms. The molecule has 2 heterocycles. The number of nitrogens with one attached hydrogen (secondary N) is 1. The minimum absolute atomic E-state index is 0.0641. The van der Waals surface area contributed by atoms with Gasteiger partial charge in [-0.25, -0.2) is 4.79 Å². The van der Waals surface area contributed by atoms with E-state index in [9.17, 15) is 9.59 Å². The Kier molecular flexibility index (Phi) is 4.15. The SMILES string of the molecule is Cc1cccc(C)c1C(=O)N1CCC(n2c(=O)[nH]c3ccccc32)CC1. The molecule has 1 aliphatic rings. The van der Waals surface area contributed by atoms with E-state index in [0.717, 1.165) is 40.6 Å². The maximum Gasteiger partial charge on any atom is 0.326 e. The summed E-state index contributed by atoms with van der Waals surface area (Å²) in [4.78, 5) is 30.2. The molecule has 0 radical (unpaired) electrons. The predicted octanol–water partition coefficient (Wildman–Crippen LogP) is 3.42. The molecule has 3 aromatic rings. The molecule has 0 saturated carbocycles. The first-order valence-corrected chi connectivity index (χ1v) is 9.11. The topological polar surface area (TPSA) is 58.1 Å². The molecule has 1 aliphatic heterocycles. The molecule has 1 fully saturated rings. The van der Waals surface area contributed by atoms with E-state index in [2.05, 4.69) is 4.98 Å². The van der Waals surface area contributed by atoms with Gasteiger partial charge in [0.05, 0.1) is 11.0 Å². The Bertz CT molecular complexity index is 1000. The third kappa shape index (κ3) is 2.73. The fourth-order valence-electron chi connectivity index (χ4n) is 4.07. The summed E-state index contributed by atoms with van der Waals surface area (Å²) in [6, 6.07) is 13.9.